The lowest BCUT2D eigenvalue weighted by atomic mass is 9.97. The Balaban J connectivity index is 1.73. The number of aromatic nitrogens is 3. The van der Waals surface area contributed by atoms with Gasteiger partial charge in [-0.1, -0.05) is 48.8 Å². The Bertz CT molecular complexity index is 841. The van der Waals surface area contributed by atoms with E-state index < -0.39 is 0 Å². The maximum absolute atomic E-state index is 5.41. The normalized spacial score (nSPS) is 12.5. The standard InChI is InChI=1S/C20H24N4O/c1-13(2)18(19-15(4)8-6-10-21-19)22-12-17-23-20(24-25-17)16-9-5-7-14(3)11-16/h5-11,13,18,22H,12H2,1-4H3/t18-/m0/s1. The summed E-state index contributed by atoms with van der Waals surface area (Å²) in [7, 11) is 0. The molecule has 0 unspecified atom stereocenters. The van der Waals surface area contributed by atoms with Gasteiger partial charge in [0.15, 0.2) is 0 Å². The van der Waals surface area contributed by atoms with Gasteiger partial charge in [0, 0.05) is 11.8 Å². The summed E-state index contributed by atoms with van der Waals surface area (Å²) in [5.41, 5.74) is 4.39. The summed E-state index contributed by atoms with van der Waals surface area (Å²) in [6.07, 6.45) is 1.84. The molecule has 0 bridgehead atoms. The van der Waals surface area contributed by atoms with E-state index in [0.717, 1.165) is 11.3 Å². The molecule has 0 saturated carbocycles. The third-order valence-electron chi connectivity index (χ3n) is 4.23. The van der Waals surface area contributed by atoms with E-state index in [1.807, 2.05) is 24.4 Å². The lowest BCUT2D eigenvalue weighted by Crippen LogP contribution is -2.27. The van der Waals surface area contributed by atoms with E-state index in [1.165, 1.54) is 11.1 Å². The molecule has 0 aliphatic heterocycles. The number of nitrogens with zero attached hydrogens (tertiary/aromatic N) is 3. The summed E-state index contributed by atoms with van der Waals surface area (Å²) in [6, 6.07) is 12.3. The van der Waals surface area contributed by atoms with Crippen LogP contribution in [0.25, 0.3) is 11.4 Å². The van der Waals surface area contributed by atoms with Crippen LogP contribution in [-0.2, 0) is 6.54 Å². The summed E-state index contributed by atoms with van der Waals surface area (Å²) in [4.78, 5) is 9.05. The van der Waals surface area contributed by atoms with E-state index >= 15 is 0 Å². The van der Waals surface area contributed by atoms with Crippen molar-refractivity contribution in [1.82, 2.24) is 20.4 Å². The zero-order valence-electron chi connectivity index (χ0n) is 15.2. The second-order valence-electron chi connectivity index (χ2n) is 6.69. The van der Waals surface area contributed by atoms with Crippen molar-refractivity contribution in [2.24, 2.45) is 5.92 Å². The molecule has 0 radical (unpaired) electrons. The van der Waals surface area contributed by atoms with E-state index in [1.54, 1.807) is 0 Å². The zero-order valence-corrected chi connectivity index (χ0v) is 15.2. The van der Waals surface area contributed by atoms with Gasteiger partial charge in [0.25, 0.3) is 0 Å². The molecule has 0 aliphatic carbocycles. The zero-order chi connectivity index (χ0) is 17.8. The highest BCUT2D eigenvalue weighted by atomic mass is 16.5. The predicted molar refractivity (Wildman–Crippen MR) is 97.9 cm³/mol. The number of nitrogens with one attached hydrogen (secondary N) is 1. The Labute approximate surface area is 148 Å². The second kappa shape index (κ2) is 7.57. The van der Waals surface area contributed by atoms with E-state index in [9.17, 15) is 0 Å². The third-order valence-corrected chi connectivity index (χ3v) is 4.23. The van der Waals surface area contributed by atoms with Crippen molar-refractivity contribution in [3.8, 4) is 11.4 Å². The number of rotatable bonds is 6. The number of hydrogen-bond acceptors (Lipinski definition) is 5. The first-order valence-electron chi connectivity index (χ1n) is 8.59. The van der Waals surface area contributed by atoms with E-state index in [4.69, 9.17) is 4.52 Å². The molecule has 3 rings (SSSR count). The largest absolute Gasteiger partial charge is 0.338 e. The van der Waals surface area contributed by atoms with Gasteiger partial charge in [0.05, 0.1) is 18.3 Å². The molecule has 2 aromatic heterocycles. The Morgan fingerprint density at radius 2 is 1.96 bits per heavy atom. The van der Waals surface area contributed by atoms with Gasteiger partial charge in [-0.15, -0.1) is 0 Å². The van der Waals surface area contributed by atoms with Gasteiger partial charge in [-0.05, 0) is 37.5 Å². The minimum Gasteiger partial charge on any atom is -0.338 e. The minimum absolute atomic E-state index is 0.135. The number of benzene rings is 1. The molecule has 2 heterocycles. The monoisotopic (exact) mass is 336 g/mol. The van der Waals surface area contributed by atoms with Gasteiger partial charge in [-0.25, -0.2) is 0 Å². The van der Waals surface area contributed by atoms with E-state index in [2.05, 4.69) is 66.3 Å². The van der Waals surface area contributed by atoms with Crippen LogP contribution in [0, 0.1) is 19.8 Å². The summed E-state index contributed by atoms with van der Waals surface area (Å²) < 4.78 is 5.41. The van der Waals surface area contributed by atoms with E-state index in [-0.39, 0.29) is 6.04 Å². The number of pyridine rings is 1. The van der Waals surface area contributed by atoms with Crippen LogP contribution in [0.3, 0.4) is 0 Å². The van der Waals surface area contributed by atoms with Gasteiger partial charge >= 0.3 is 0 Å². The fourth-order valence-corrected chi connectivity index (χ4v) is 2.90. The number of hydrogen-bond donors (Lipinski definition) is 1. The highest BCUT2D eigenvalue weighted by Crippen LogP contribution is 2.23. The van der Waals surface area contributed by atoms with Gasteiger partial charge in [0.2, 0.25) is 11.7 Å². The van der Waals surface area contributed by atoms with Crippen molar-refractivity contribution >= 4 is 0 Å². The van der Waals surface area contributed by atoms with Gasteiger partial charge in [-0.3, -0.25) is 10.3 Å². The SMILES string of the molecule is Cc1cccc(-c2noc(CN[C@H](c3ncccc3C)C(C)C)n2)c1. The first kappa shape index (κ1) is 17.3. The highest BCUT2D eigenvalue weighted by Gasteiger charge is 2.19. The van der Waals surface area contributed by atoms with Crippen LogP contribution >= 0.6 is 0 Å². The topological polar surface area (TPSA) is 63.8 Å². The Morgan fingerprint density at radius 1 is 1.12 bits per heavy atom. The van der Waals surface area contributed by atoms with Crippen molar-refractivity contribution in [3.63, 3.8) is 0 Å². The lowest BCUT2D eigenvalue weighted by Gasteiger charge is -2.22. The molecule has 1 N–H and O–H groups in total. The summed E-state index contributed by atoms with van der Waals surface area (Å²) in [5.74, 6) is 1.60. The van der Waals surface area contributed by atoms with Crippen molar-refractivity contribution in [1.29, 1.82) is 0 Å². The molecule has 5 nitrogen and oxygen atoms in total. The highest BCUT2D eigenvalue weighted by molar-refractivity contribution is 5.55. The van der Waals surface area contributed by atoms with Crippen molar-refractivity contribution in [2.75, 3.05) is 0 Å². The van der Waals surface area contributed by atoms with Crippen molar-refractivity contribution in [2.45, 2.75) is 40.3 Å². The van der Waals surface area contributed by atoms with Crippen molar-refractivity contribution in [3.05, 3.63) is 65.3 Å². The second-order valence-corrected chi connectivity index (χ2v) is 6.69. The van der Waals surface area contributed by atoms with Gasteiger partial charge in [-0.2, -0.15) is 4.98 Å². The third kappa shape index (κ3) is 4.12. The molecule has 1 atom stereocenters. The van der Waals surface area contributed by atoms with Gasteiger partial charge < -0.3 is 4.52 Å². The summed E-state index contributed by atoms with van der Waals surface area (Å²) >= 11 is 0. The van der Waals surface area contributed by atoms with Crippen LogP contribution in [0.2, 0.25) is 0 Å². The predicted octanol–water partition coefficient (Wildman–Crippen LogP) is 4.24. The average molecular weight is 336 g/mol. The molecule has 0 spiro atoms. The summed E-state index contributed by atoms with van der Waals surface area (Å²) in [5, 5.41) is 7.61. The molecular weight excluding hydrogens is 312 g/mol. The first-order chi connectivity index (χ1) is 12.0. The van der Waals surface area contributed by atoms with Crippen LogP contribution in [0.4, 0.5) is 0 Å². The molecule has 0 aliphatic rings. The molecule has 0 fully saturated rings. The maximum atomic E-state index is 5.41. The molecular formula is C20H24N4O. The first-order valence-corrected chi connectivity index (χ1v) is 8.59. The summed E-state index contributed by atoms with van der Waals surface area (Å²) in [6.45, 7) is 9.00. The van der Waals surface area contributed by atoms with Crippen LogP contribution in [-0.4, -0.2) is 15.1 Å². The van der Waals surface area contributed by atoms with E-state index in [0.29, 0.717) is 24.2 Å². The molecule has 5 heteroatoms. The molecule has 130 valence electrons. The van der Waals surface area contributed by atoms with Gasteiger partial charge in [0.1, 0.15) is 0 Å². The Hall–Kier alpha value is -2.53. The molecule has 1 aromatic carbocycles. The molecule has 3 aromatic rings. The van der Waals surface area contributed by atoms with Crippen LogP contribution in [0.1, 0.15) is 42.6 Å². The fourth-order valence-electron chi connectivity index (χ4n) is 2.90. The van der Waals surface area contributed by atoms with Crippen LogP contribution in [0.5, 0.6) is 0 Å². The van der Waals surface area contributed by atoms with Crippen molar-refractivity contribution < 1.29 is 4.52 Å². The number of aryl methyl sites for hydroxylation is 2. The average Bonchev–Trinajstić information content (AvgIpc) is 3.05. The molecule has 0 amide bonds. The molecule has 0 saturated heterocycles. The van der Waals surface area contributed by atoms with Crippen LogP contribution < -0.4 is 5.32 Å². The lowest BCUT2D eigenvalue weighted by molar-refractivity contribution is 0.334. The minimum atomic E-state index is 0.135. The maximum Gasteiger partial charge on any atom is 0.240 e. The molecule has 25 heavy (non-hydrogen) atoms. The fraction of sp³-hybridized carbons (Fsp3) is 0.350. The Morgan fingerprint density at radius 3 is 2.68 bits per heavy atom. The smallest absolute Gasteiger partial charge is 0.240 e. The van der Waals surface area contributed by atoms with Crippen LogP contribution in [0.15, 0.2) is 47.1 Å². The quantitative estimate of drug-likeness (QED) is 0.729. The Kier molecular flexibility index (Phi) is 5.24.